The van der Waals surface area contributed by atoms with Crippen LogP contribution in [0.25, 0.3) is 0 Å². The maximum atomic E-state index is 11.0. The third kappa shape index (κ3) is 0.995. The summed E-state index contributed by atoms with van der Waals surface area (Å²) in [5, 5.41) is 3.08. The minimum atomic E-state index is -0.250. The number of fused-ring (bicyclic) bond motifs is 1. The number of aromatic amines is 1. The molecule has 64 valence electrons. The molecule has 0 aliphatic carbocycles. The van der Waals surface area contributed by atoms with E-state index in [0.29, 0.717) is 0 Å². The van der Waals surface area contributed by atoms with Crippen molar-refractivity contribution < 1.29 is 0 Å². The minimum absolute atomic E-state index is 0.250. The first-order valence-electron chi connectivity index (χ1n) is 4.17. The van der Waals surface area contributed by atoms with E-state index >= 15 is 0 Å². The van der Waals surface area contributed by atoms with Crippen LogP contribution in [0, 0.1) is 0 Å². The quantitative estimate of drug-likeness (QED) is 0.629. The Kier molecular flexibility index (Phi) is 1.60. The first kappa shape index (κ1) is 7.34. The molecule has 0 unspecified atom stereocenters. The van der Waals surface area contributed by atoms with Crippen molar-refractivity contribution in [3.8, 4) is 0 Å². The van der Waals surface area contributed by atoms with Crippen molar-refractivity contribution in [3.05, 3.63) is 21.7 Å². The second-order valence-corrected chi connectivity index (χ2v) is 2.88. The molecule has 2 heterocycles. The number of nitrogens with zero attached hydrogens (tertiary/aromatic N) is 1. The normalized spacial score (nSPS) is 14.1. The predicted molar refractivity (Wildman–Crippen MR) is 46.4 cm³/mol. The SMILES string of the molecule is CCc1[nH]c(=O)nc2c1CCN2. The van der Waals surface area contributed by atoms with Crippen LogP contribution in [0.3, 0.4) is 0 Å². The topological polar surface area (TPSA) is 57.8 Å². The van der Waals surface area contributed by atoms with Gasteiger partial charge in [0.05, 0.1) is 0 Å². The maximum absolute atomic E-state index is 11.0. The molecule has 4 nitrogen and oxygen atoms in total. The maximum Gasteiger partial charge on any atom is 0.347 e. The highest BCUT2D eigenvalue weighted by atomic mass is 16.1. The molecular weight excluding hydrogens is 154 g/mol. The Balaban J connectivity index is 2.62. The molecule has 0 saturated carbocycles. The van der Waals surface area contributed by atoms with E-state index < -0.39 is 0 Å². The molecule has 0 fully saturated rings. The number of anilines is 1. The molecule has 0 aromatic carbocycles. The molecular formula is C8H11N3O. The number of hydrogen-bond donors (Lipinski definition) is 2. The zero-order chi connectivity index (χ0) is 8.55. The molecule has 12 heavy (non-hydrogen) atoms. The molecule has 0 saturated heterocycles. The largest absolute Gasteiger partial charge is 0.369 e. The molecule has 0 bridgehead atoms. The van der Waals surface area contributed by atoms with E-state index in [4.69, 9.17) is 0 Å². The van der Waals surface area contributed by atoms with E-state index in [2.05, 4.69) is 15.3 Å². The predicted octanol–water partition coefficient (Wildman–Crippen LogP) is 0.300. The van der Waals surface area contributed by atoms with Crippen LogP contribution >= 0.6 is 0 Å². The van der Waals surface area contributed by atoms with Crippen molar-refractivity contribution >= 4 is 5.82 Å². The Morgan fingerprint density at radius 2 is 2.42 bits per heavy atom. The third-order valence-corrected chi connectivity index (χ3v) is 2.14. The molecule has 4 heteroatoms. The van der Waals surface area contributed by atoms with Gasteiger partial charge in [-0.1, -0.05) is 6.92 Å². The standard InChI is InChI=1S/C8H11N3O/c1-2-6-5-3-4-9-7(5)11-8(12)10-6/h2-4H2,1H3,(H2,9,10,11,12). The smallest absolute Gasteiger partial charge is 0.347 e. The summed E-state index contributed by atoms with van der Waals surface area (Å²) in [6.45, 7) is 2.93. The van der Waals surface area contributed by atoms with E-state index in [1.54, 1.807) is 0 Å². The van der Waals surface area contributed by atoms with Gasteiger partial charge in [-0.3, -0.25) is 0 Å². The molecule has 1 aromatic heterocycles. The van der Waals surface area contributed by atoms with Crippen LogP contribution in [-0.4, -0.2) is 16.5 Å². The van der Waals surface area contributed by atoms with Gasteiger partial charge < -0.3 is 10.3 Å². The van der Waals surface area contributed by atoms with Crippen molar-refractivity contribution in [1.82, 2.24) is 9.97 Å². The highest BCUT2D eigenvalue weighted by molar-refractivity contribution is 5.50. The average Bonchev–Trinajstić information content (AvgIpc) is 2.50. The van der Waals surface area contributed by atoms with Crippen molar-refractivity contribution in [1.29, 1.82) is 0 Å². The van der Waals surface area contributed by atoms with Crippen LogP contribution in [0.2, 0.25) is 0 Å². The number of rotatable bonds is 1. The summed E-state index contributed by atoms with van der Waals surface area (Å²) < 4.78 is 0. The van der Waals surface area contributed by atoms with Crippen molar-refractivity contribution in [2.75, 3.05) is 11.9 Å². The number of nitrogens with one attached hydrogen (secondary N) is 2. The number of aromatic nitrogens is 2. The van der Waals surface area contributed by atoms with Crippen molar-refractivity contribution in [2.45, 2.75) is 19.8 Å². The Morgan fingerprint density at radius 3 is 3.17 bits per heavy atom. The molecule has 1 aliphatic rings. The lowest BCUT2D eigenvalue weighted by Crippen LogP contribution is -2.14. The molecule has 0 atom stereocenters. The minimum Gasteiger partial charge on any atom is -0.369 e. The Hall–Kier alpha value is -1.32. The second-order valence-electron chi connectivity index (χ2n) is 2.88. The summed E-state index contributed by atoms with van der Waals surface area (Å²) >= 11 is 0. The van der Waals surface area contributed by atoms with Crippen molar-refractivity contribution in [3.63, 3.8) is 0 Å². The highest BCUT2D eigenvalue weighted by Crippen LogP contribution is 2.19. The molecule has 1 aliphatic heterocycles. The Bertz CT molecular complexity index is 356. The van der Waals surface area contributed by atoms with Gasteiger partial charge in [0.2, 0.25) is 0 Å². The van der Waals surface area contributed by atoms with Gasteiger partial charge in [-0.2, -0.15) is 4.98 Å². The molecule has 0 spiro atoms. The first-order chi connectivity index (χ1) is 5.81. The van der Waals surface area contributed by atoms with E-state index in [-0.39, 0.29) is 5.69 Å². The van der Waals surface area contributed by atoms with Crippen molar-refractivity contribution in [2.24, 2.45) is 0 Å². The van der Waals surface area contributed by atoms with E-state index in [9.17, 15) is 4.79 Å². The Labute approximate surface area is 70.0 Å². The summed E-state index contributed by atoms with van der Waals surface area (Å²) in [6, 6.07) is 0. The molecule has 0 radical (unpaired) electrons. The Morgan fingerprint density at radius 1 is 1.58 bits per heavy atom. The monoisotopic (exact) mass is 165 g/mol. The van der Waals surface area contributed by atoms with Gasteiger partial charge in [0.25, 0.3) is 0 Å². The highest BCUT2D eigenvalue weighted by Gasteiger charge is 2.15. The fourth-order valence-electron chi connectivity index (χ4n) is 1.57. The van der Waals surface area contributed by atoms with Gasteiger partial charge in [0, 0.05) is 17.8 Å². The number of hydrogen-bond acceptors (Lipinski definition) is 3. The fraction of sp³-hybridized carbons (Fsp3) is 0.500. The van der Waals surface area contributed by atoms with Gasteiger partial charge in [-0.15, -0.1) is 0 Å². The number of H-pyrrole nitrogens is 1. The van der Waals surface area contributed by atoms with Gasteiger partial charge >= 0.3 is 5.69 Å². The van der Waals surface area contributed by atoms with Crippen LogP contribution in [0.15, 0.2) is 4.79 Å². The lowest BCUT2D eigenvalue weighted by molar-refractivity contribution is 0.929. The lowest BCUT2D eigenvalue weighted by Gasteiger charge is -2.02. The first-order valence-corrected chi connectivity index (χ1v) is 4.17. The summed E-state index contributed by atoms with van der Waals surface area (Å²) in [4.78, 5) is 17.6. The molecule has 0 amide bonds. The second kappa shape index (κ2) is 2.62. The number of aryl methyl sites for hydroxylation is 1. The van der Waals surface area contributed by atoms with Crippen LogP contribution < -0.4 is 11.0 Å². The summed E-state index contributed by atoms with van der Waals surface area (Å²) in [5.74, 6) is 0.774. The van der Waals surface area contributed by atoms with E-state index in [0.717, 1.165) is 30.9 Å². The van der Waals surface area contributed by atoms with Gasteiger partial charge in [-0.25, -0.2) is 4.79 Å². The van der Waals surface area contributed by atoms with Crippen LogP contribution in [0.4, 0.5) is 5.82 Å². The van der Waals surface area contributed by atoms with E-state index in [1.165, 1.54) is 5.56 Å². The van der Waals surface area contributed by atoms with Crippen LogP contribution in [0.1, 0.15) is 18.2 Å². The van der Waals surface area contributed by atoms with Gasteiger partial charge in [-0.05, 0) is 12.8 Å². The molecule has 2 N–H and O–H groups in total. The third-order valence-electron chi connectivity index (χ3n) is 2.14. The van der Waals surface area contributed by atoms with Crippen LogP contribution in [0.5, 0.6) is 0 Å². The zero-order valence-corrected chi connectivity index (χ0v) is 6.98. The average molecular weight is 165 g/mol. The molecule has 1 aromatic rings. The van der Waals surface area contributed by atoms with Gasteiger partial charge in [0.1, 0.15) is 5.82 Å². The summed E-state index contributed by atoms with van der Waals surface area (Å²) in [6.07, 6.45) is 1.84. The lowest BCUT2D eigenvalue weighted by atomic mass is 10.1. The zero-order valence-electron chi connectivity index (χ0n) is 6.98. The molecule has 2 rings (SSSR count). The van der Waals surface area contributed by atoms with E-state index in [1.807, 2.05) is 6.92 Å². The fourth-order valence-corrected chi connectivity index (χ4v) is 1.57. The van der Waals surface area contributed by atoms with Crippen LogP contribution in [-0.2, 0) is 12.8 Å². The summed E-state index contributed by atoms with van der Waals surface area (Å²) in [5.41, 5.74) is 1.95. The van der Waals surface area contributed by atoms with Gasteiger partial charge in [0.15, 0.2) is 0 Å². The summed E-state index contributed by atoms with van der Waals surface area (Å²) in [7, 11) is 0.